The molecule has 0 atom stereocenters. The van der Waals surface area contributed by atoms with Gasteiger partial charge in [-0.3, -0.25) is 10.1 Å². The Balaban J connectivity index is 1.76. The van der Waals surface area contributed by atoms with E-state index in [-0.39, 0.29) is 18.3 Å². The zero-order chi connectivity index (χ0) is 13.9. The van der Waals surface area contributed by atoms with E-state index in [1.54, 1.807) is 6.07 Å². The Morgan fingerprint density at radius 1 is 1.30 bits per heavy atom. The second-order valence-electron chi connectivity index (χ2n) is 4.29. The van der Waals surface area contributed by atoms with Gasteiger partial charge in [0.2, 0.25) is 11.9 Å². The Labute approximate surface area is 120 Å². The van der Waals surface area contributed by atoms with Gasteiger partial charge in [-0.05, 0) is 17.7 Å². The Kier molecular flexibility index (Phi) is 3.35. The molecular weight excluding hydrogens is 276 g/mol. The van der Waals surface area contributed by atoms with Crippen LogP contribution in [-0.4, -0.2) is 20.9 Å². The second-order valence-corrected chi connectivity index (χ2v) is 4.67. The number of hydrogen-bond donors (Lipinski definition) is 2. The summed E-state index contributed by atoms with van der Waals surface area (Å²) in [7, 11) is 0. The van der Waals surface area contributed by atoms with Crippen molar-refractivity contribution >= 4 is 34.4 Å². The van der Waals surface area contributed by atoms with E-state index in [2.05, 4.69) is 20.3 Å². The molecule has 3 rings (SSSR count). The lowest BCUT2D eigenvalue weighted by Crippen LogP contribution is -2.16. The van der Waals surface area contributed by atoms with E-state index in [0.29, 0.717) is 5.15 Å². The summed E-state index contributed by atoms with van der Waals surface area (Å²) in [6.45, 7) is 0. The molecule has 0 aliphatic carbocycles. The van der Waals surface area contributed by atoms with Crippen LogP contribution in [0.2, 0.25) is 5.15 Å². The molecule has 0 unspecified atom stereocenters. The van der Waals surface area contributed by atoms with Gasteiger partial charge in [0.15, 0.2) is 0 Å². The van der Waals surface area contributed by atoms with Crippen molar-refractivity contribution < 1.29 is 4.79 Å². The summed E-state index contributed by atoms with van der Waals surface area (Å²) in [6, 6.07) is 9.39. The third kappa shape index (κ3) is 2.62. The highest BCUT2D eigenvalue weighted by Gasteiger charge is 2.10. The molecule has 1 aromatic carbocycles. The number of nitrogens with one attached hydrogen (secondary N) is 2. The first-order chi connectivity index (χ1) is 9.72. The van der Waals surface area contributed by atoms with Gasteiger partial charge < -0.3 is 4.98 Å². The molecule has 3 aromatic rings. The van der Waals surface area contributed by atoms with Crippen LogP contribution >= 0.6 is 11.6 Å². The largest absolute Gasteiger partial charge is 0.361 e. The number of benzene rings is 1. The molecule has 0 fully saturated rings. The van der Waals surface area contributed by atoms with Crippen LogP contribution in [0.5, 0.6) is 0 Å². The smallest absolute Gasteiger partial charge is 0.231 e. The average molecular weight is 287 g/mol. The maximum Gasteiger partial charge on any atom is 0.231 e. The van der Waals surface area contributed by atoms with E-state index in [9.17, 15) is 4.79 Å². The van der Waals surface area contributed by atoms with Crippen LogP contribution in [0.1, 0.15) is 5.56 Å². The zero-order valence-electron chi connectivity index (χ0n) is 10.4. The molecule has 0 saturated carbocycles. The number of hydrogen-bond acceptors (Lipinski definition) is 3. The lowest BCUT2D eigenvalue weighted by Gasteiger charge is -2.03. The van der Waals surface area contributed by atoms with Gasteiger partial charge in [0.05, 0.1) is 6.42 Å². The highest BCUT2D eigenvalue weighted by atomic mass is 35.5. The summed E-state index contributed by atoms with van der Waals surface area (Å²) < 4.78 is 0. The monoisotopic (exact) mass is 286 g/mol. The topological polar surface area (TPSA) is 70.7 Å². The van der Waals surface area contributed by atoms with Crippen LogP contribution in [0, 0.1) is 0 Å². The molecular formula is C14H11ClN4O. The highest BCUT2D eigenvalue weighted by molar-refractivity contribution is 6.29. The number of para-hydroxylation sites is 1. The third-order valence-electron chi connectivity index (χ3n) is 2.90. The first kappa shape index (κ1) is 12.6. The number of carbonyl (C=O) groups excluding carboxylic acids is 1. The van der Waals surface area contributed by atoms with Crippen LogP contribution in [0.4, 0.5) is 5.95 Å². The predicted octanol–water partition coefficient (Wildman–Crippen LogP) is 2.79. The molecule has 100 valence electrons. The quantitative estimate of drug-likeness (QED) is 0.727. The molecule has 1 amide bonds. The van der Waals surface area contributed by atoms with Gasteiger partial charge in [0.1, 0.15) is 5.15 Å². The number of anilines is 1. The molecule has 0 bridgehead atoms. The van der Waals surface area contributed by atoms with Crippen LogP contribution in [0.15, 0.2) is 42.7 Å². The number of H-pyrrole nitrogens is 1. The minimum absolute atomic E-state index is 0.183. The van der Waals surface area contributed by atoms with Gasteiger partial charge in [0.25, 0.3) is 0 Å². The maximum absolute atomic E-state index is 12.0. The molecule has 5 nitrogen and oxygen atoms in total. The molecule has 2 aromatic heterocycles. The normalized spacial score (nSPS) is 10.7. The predicted molar refractivity (Wildman–Crippen MR) is 77.7 cm³/mol. The lowest BCUT2D eigenvalue weighted by molar-refractivity contribution is -0.115. The summed E-state index contributed by atoms with van der Waals surface area (Å²) in [5.74, 6) is 0.0272. The second kappa shape index (κ2) is 5.30. The van der Waals surface area contributed by atoms with Gasteiger partial charge in [0, 0.05) is 23.3 Å². The zero-order valence-corrected chi connectivity index (χ0v) is 11.2. The van der Waals surface area contributed by atoms with Gasteiger partial charge in [-0.2, -0.15) is 0 Å². The first-order valence-corrected chi connectivity index (χ1v) is 6.43. The van der Waals surface area contributed by atoms with E-state index in [4.69, 9.17) is 11.6 Å². The molecule has 0 spiro atoms. The van der Waals surface area contributed by atoms with Gasteiger partial charge >= 0.3 is 0 Å². The summed E-state index contributed by atoms with van der Waals surface area (Å²) in [5.41, 5.74) is 1.94. The van der Waals surface area contributed by atoms with Crippen molar-refractivity contribution in [2.75, 3.05) is 5.32 Å². The maximum atomic E-state index is 12.0. The molecule has 2 heterocycles. The third-order valence-corrected chi connectivity index (χ3v) is 3.11. The number of halogens is 1. The van der Waals surface area contributed by atoms with E-state index in [0.717, 1.165) is 16.5 Å². The number of carbonyl (C=O) groups is 1. The van der Waals surface area contributed by atoms with Crippen molar-refractivity contribution in [1.82, 2.24) is 15.0 Å². The van der Waals surface area contributed by atoms with Crippen LogP contribution in [-0.2, 0) is 11.2 Å². The fourth-order valence-corrected chi connectivity index (χ4v) is 2.15. The van der Waals surface area contributed by atoms with Gasteiger partial charge in [-0.25, -0.2) is 9.97 Å². The number of rotatable bonds is 3. The van der Waals surface area contributed by atoms with Crippen LogP contribution in [0.25, 0.3) is 10.9 Å². The van der Waals surface area contributed by atoms with Crippen molar-refractivity contribution in [2.45, 2.75) is 6.42 Å². The first-order valence-electron chi connectivity index (χ1n) is 6.06. The Morgan fingerprint density at radius 2 is 2.15 bits per heavy atom. The fourth-order valence-electron chi connectivity index (χ4n) is 2.02. The molecule has 0 radical (unpaired) electrons. The Bertz CT molecular complexity index is 768. The number of aromatic amines is 1. The van der Waals surface area contributed by atoms with Crippen molar-refractivity contribution in [2.24, 2.45) is 0 Å². The number of fused-ring (bicyclic) bond motifs is 1. The number of amides is 1. The van der Waals surface area contributed by atoms with Crippen LogP contribution in [0.3, 0.4) is 0 Å². The molecule has 0 saturated heterocycles. The van der Waals surface area contributed by atoms with Crippen molar-refractivity contribution in [3.8, 4) is 0 Å². The van der Waals surface area contributed by atoms with Gasteiger partial charge in [-0.15, -0.1) is 0 Å². The van der Waals surface area contributed by atoms with Crippen molar-refractivity contribution in [3.63, 3.8) is 0 Å². The SMILES string of the molecule is O=C(Cc1c[nH]c2ccccc12)Nc1nccc(Cl)n1. The molecule has 6 heteroatoms. The van der Waals surface area contributed by atoms with E-state index in [1.165, 1.54) is 6.20 Å². The lowest BCUT2D eigenvalue weighted by atomic mass is 10.1. The van der Waals surface area contributed by atoms with Crippen molar-refractivity contribution in [1.29, 1.82) is 0 Å². The van der Waals surface area contributed by atoms with E-state index >= 15 is 0 Å². The van der Waals surface area contributed by atoms with E-state index in [1.807, 2.05) is 30.5 Å². The van der Waals surface area contributed by atoms with Gasteiger partial charge in [-0.1, -0.05) is 29.8 Å². The summed E-state index contributed by atoms with van der Waals surface area (Å²) in [6.07, 6.45) is 3.58. The molecule has 0 aliphatic heterocycles. The molecule has 20 heavy (non-hydrogen) atoms. The Hall–Kier alpha value is -2.40. The minimum Gasteiger partial charge on any atom is -0.361 e. The molecule has 2 N–H and O–H groups in total. The summed E-state index contributed by atoms with van der Waals surface area (Å²) in [4.78, 5) is 23.0. The summed E-state index contributed by atoms with van der Waals surface area (Å²) >= 11 is 5.74. The average Bonchev–Trinajstić information content (AvgIpc) is 2.82. The Morgan fingerprint density at radius 3 is 3.00 bits per heavy atom. The minimum atomic E-state index is -0.183. The van der Waals surface area contributed by atoms with E-state index < -0.39 is 0 Å². The highest BCUT2D eigenvalue weighted by Crippen LogP contribution is 2.18. The fraction of sp³-hybridized carbons (Fsp3) is 0.0714. The van der Waals surface area contributed by atoms with Crippen molar-refractivity contribution in [3.05, 3.63) is 53.4 Å². The number of aromatic nitrogens is 3. The standard InChI is InChI=1S/C14H11ClN4O/c15-12-5-6-16-14(18-12)19-13(20)7-9-8-17-11-4-2-1-3-10(9)11/h1-6,8,17H,7H2,(H,16,18,19,20). The van der Waals surface area contributed by atoms with Crippen LogP contribution < -0.4 is 5.32 Å². The molecule has 0 aliphatic rings. The number of nitrogens with zero attached hydrogens (tertiary/aromatic N) is 2. The summed E-state index contributed by atoms with van der Waals surface area (Å²) in [5, 5.41) is 3.96.